The SMILES string of the molecule is Cc1ccc(C(O)(C(F)(F)Cl)C(F)(F)Cl)c(O)c1. The number of hydrogen-bond donors (Lipinski definition) is 2. The van der Waals surface area contributed by atoms with E-state index < -0.39 is 27.7 Å². The van der Waals surface area contributed by atoms with Crippen molar-refractivity contribution in [2.24, 2.45) is 0 Å². The predicted molar refractivity (Wildman–Crippen MR) is 58.3 cm³/mol. The zero-order valence-electron chi connectivity index (χ0n) is 8.89. The fourth-order valence-electron chi connectivity index (χ4n) is 1.41. The first-order valence-corrected chi connectivity index (χ1v) is 5.33. The maximum Gasteiger partial charge on any atom is 0.361 e. The minimum atomic E-state index is -4.79. The summed E-state index contributed by atoms with van der Waals surface area (Å²) >= 11 is 9.02. The van der Waals surface area contributed by atoms with Gasteiger partial charge in [-0.25, -0.2) is 0 Å². The standard InChI is InChI=1S/C10H8Cl2F4O2/c1-5-2-3-6(7(17)4-5)8(18,9(11,13)14)10(12,15)16/h2-4,17-18H,1H3. The second kappa shape index (κ2) is 4.43. The number of phenolic OH excluding ortho intramolecular Hbond substituents is 1. The second-order valence-electron chi connectivity index (χ2n) is 3.73. The highest BCUT2D eigenvalue weighted by Crippen LogP contribution is 2.54. The molecule has 0 aliphatic heterocycles. The average Bonchev–Trinajstić information content (AvgIpc) is 2.12. The van der Waals surface area contributed by atoms with Gasteiger partial charge in [0.25, 0.3) is 5.60 Å². The van der Waals surface area contributed by atoms with E-state index in [-0.39, 0.29) is 0 Å². The van der Waals surface area contributed by atoms with Crippen molar-refractivity contribution in [1.29, 1.82) is 0 Å². The third kappa shape index (κ3) is 2.37. The molecule has 2 N–H and O–H groups in total. The molecule has 1 rings (SSSR count). The minimum Gasteiger partial charge on any atom is -0.508 e. The molecule has 1 aromatic carbocycles. The number of aromatic hydroxyl groups is 1. The van der Waals surface area contributed by atoms with Crippen LogP contribution in [0.3, 0.4) is 0 Å². The lowest BCUT2D eigenvalue weighted by Crippen LogP contribution is -2.52. The summed E-state index contributed by atoms with van der Waals surface area (Å²) in [4.78, 5) is 0. The van der Waals surface area contributed by atoms with Gasteiger partial charge in [0.05, 0.1) is 0 Å². The van der Waals surface area contributed by atoms with E-state index in [4.69, 9.17) is 0 Å². The van der Waals surface area contributed by atoms with Gasteiger partial charge >= 0.3 is 10.8 Å². The molecule has 0 fully saturated rings. The van der Waals surface area contributed by atoms with Crippen LogP contribution in [0.15, 0.2) is 18.2 Å². The van der Waals surface area contributed by atoms with E-state index in [1.807, 2.05) is 0 Å². The Labute approximate surface area is 110 Å². The maximum absolute atomic E-state index is 13.1. The Balaban J connectivity index is 3.56. The third-order valence-corrected chi connectivity index (χ3v) is 2.91. The zero-order valence-corrected chi connectivity index (χ0v) is 10.4. The fourth-order valence-corrected chi connectivity index (χ4v) is 1.90. The summed E-state index contributed by atoms with van der Waals surface area (Å²) in [5, 5.41) is 9.34. The van der Waals surface area contributed by atoms with Gasteiger partial charge in [-0.05, 0) is 41.8 Å². The fraction of sp³-hybridized carbons (Fsp3) is 0.400. The smallest absolute Gasteiger partial charge is 0.361 e. The summed E-state index contributed by atoms with van der Waals surface area (Å²) < 4.78 is 52.3. The molecule has 0 aliphatic rings. The summed E-state index contributed by atoms with van der Waals surface area (Å²) in [6, 6.07) is 2.77. The lowest BCUT2D eigenvalue weighted by atomic mass is 9.92. The molecule has 2 nitrogen and oxygen atoms in total. The minimum absolute atomic E-state index is 0.411. The van der Waals surface area contributed by atoms with Crippen molar-refractivity contribution in [3.8, 4) is 5.75 Å². The van der Waals surface area contributed by atoms with Gasteiger partial charge in [-0.15, -0.1) is 0 Å². The number of hydrogen-bond acceptors (Lipinski definition) is 2. The van der Waals surface area contributed by atoms with Crippen LogP contribution < -0.4 is 0 Å². The second-order valence-corrected chi connectivity index (χ2v) is 4.68. The van der Waals surface area contributed by atoms with Gasteiger partial charge < -0.3 is 10.2 Å². The van der Waals surface area contributed by atoms with E-state index >= 15 is 0 Å². The summed E-state index contributed by atoms with van der Waals surface area (Å²) in [5.74, 6) is -0.960. The Hall–Kier alpha value is -0.720. The largest absolute Gasteiger partial charge is 0.508 e. The highest BCUT2D eigenvalue weighted by Gasteiger charge is 2.68. The summed E-state index contributed by atoms with van der Waals surface area (Å²) in [6.45, 7) is 1.49. The predicted octanol–water partition coefficient (Wildman–Crippen LogP) is 3.55. The average molecular weight is 307 g/mol. The molecule has 0 unspecified atom stereocenters. The quantitative estimate of drug-likeness (QED) is 0.662. The number of halogens is 6. The van der Waals surface area contributed by atoms with Crippen LogP contribution >= 0.6 is 23.2 Å². The molecule has 0 spiro atoms. The van der Waals surface area contributed by atoms with E-state index in [0.717, 1.165) is 12.1 Å². The van der Waals surface area contributed by atoms with Crippen LogP contribution in [0.25, 0.3) is 0 Å². The van der Waals surface area contributed by atoms with Crippen molar-refractivity contribution in [3.05, 3.63) is 29.3 Å². The highest BCUT2D eigenvalue weighted by atomic mass is 35.5. The third-order valence-electron chi connectivity index (χ3n) is 2.36. The molecule has 0 saturated heterocycles. The topological polar surface area (TPSA) is 40.5 Å². The van der Waals surface area contributed by atoms with Gasteiger partial charge in [-0.2, -0.15) is 17.6 Å². The Morgan fingerprint density at radius 1 is 1.06 bits per heavy atom. The number of benzene rings is 1. The van der Waals surface area contributed by atoms with Crippen molar-refractivity contribution in [1.82, 2.24) is 0 Å². The molecule has 0 radical (unpaired) electrons. The summed E-state index contributed by atoms with van der Waals surface area (Å²) in [5.41, 5.74) is -4.98. The van der Waals surface area contributed by atoms with Gasteiger partial charge in [-0.1, -0.05) is 12.1 Å². The van der Waals surface area contributed by atoms with Crippen molar-refractivity contribution in [2.45, 2.75) is 23.3 Å². The van der Waals surface area contributed by atoms with Crippen LogP contribution in [-0.4, -0.2) is 21.0 Å². The lowest BCUT2D eigenvalue weighted by molar-refractivity contribution is -0.225. The normalized spacial score (nSPS) is 13.8. The molecule has 8 heteroatoms. The number of alkyl halides is 6. The lowest BCUT2D eigenvalue weighted by Gasteiger charge is -2.35. The molecule has 0 bridgehead atoms. The monoisotopic (exact) mass is 306 g/mol. The van der Waals surface area contributed by atoms with E-state index in [2.05, 4.69) is 23.2 Å². The molecular weight excluding hydrogens is 299 g/mol. The van der Waals surface area contributed by atoms with Gasteiger partial charge in [0.15, 0.2) is 0 Å². The molecule has 0 aromatic heterocycles. The van der Waals surface area contributed by atoms with Gasteiger partial charge in [0.2, 0.25) is 0 Å². The van der Waals surface area contributed by atoms with Crippen LogP contribution in [0.1, 0.15) is 11.1 Å². The molecule has 18 heavy (non-hydrogen) atoms. The van der Waals surface area contributed by atoms with Crippen molar-refractivity contribution in [2.75, 3.05) is 0 Å². The van der Waals surface area contributed by atoms with Crippen molar-refractivity contribution in [3.63, 3.8) is 0 Å². The van der Waals surface area contributed by atoms with Crippen LogP contribution in [0.5, 0.6) is 5.75 Å². The highest BCUT2D eigenvalue weighted by molar-refractivity contribution is 6.26. The number of phenols is 1. The van der Waals surface area contributed by atoms with Crippen molar-refractivity contribution < 1.29 is 27.8 Å². The first-order valence-electron chi connectivity index (χ1n) is 4.57. The Bertz CT molecular complexity index is 440. The first-order chi connectivity index (χ1) is 7.91. The van der Waals surface area contributed by atoms with E-state index in [1.165, 1.54) is 6.92 Å². The number of aliphatic hydroxyl groups is 1. The number of aryl methyl sites for hydroxylation is 1. The van der Waals surface area contributed by atoms with E-state index in [0.29, 0.717) is 11.6 Å². The molecule has 0 atom stereocenters. The van der Waals surface area contributed by atoms with Gasteiger partial charge in [0, 0.05) is 5.56 Å². The molecule has 1 aromatic rings. The van der Waals surface area contributed by atoms with Gasteiger partial charge in [0.1, 0.15) is 5.75 Å². The van der Waals surface area contributed by atoms with Gasteiger partial charge in [-0.3, -0.25) is 0 Å². The number of rotatable bonds is 3. The Morgan fingerprint density at radius 3 is 1.83 bits per heavy atom. The molecular formula is C10H8Cl2F4O2. The Kier molecular flexibility index (Phi) is 3.78. The maximum atomic E-state index is 13.1. The van der Waals surface area contributed by atoms with E-state index in [1.54, 1.807) is 0 Å². The molecule has 102 valence electrons. The Morgan fingerprint density at radius 2 is 1.50 bits per heavy atom. The molecule has 0 saturated carbocycles. The molecule has 0 heterocycles. The first kappa shape index (κ1) is 15.3. The van der Waals surface area contributed by atoms with E-state index in [9.17, 15) is 27.8 Å². The summed E-state index contributed by atoms with van der Waals surface area (Å²) in [7, 11) is 0. The van der Waals surface area contributed by atoms with Crippen molar-refractivity contribution >= 4 is 23.2 Å². The molecule has 0 amide bonds. The van der Waals surface area contributed by atoms with Crippen LogP contribution in [0, 0.1) is 6.92 Å². The van der Waals surface area contributed by atoms with Crippen LogP contribution in [-0.2, 0) is 5.60 Å². The van der Waals surface area contributed by atoms with Crippen LogP contribution in [0.2, 0.25) is 0 Å². The zero-order chi connectivity index (χ0) is 14.4. The molecule has 0 aliphatic carbocycles. The summed E-state index contributed by atoms with van der Waals surface area (Å²) in [6.07, 6.45) is 0. The van der Waals surface area contributed by atoms with Crippen LogP contribution in [0.4, 0.5) is 17.6 Å².